The van der Waals surface area contributed by atoms with E-state index in [-0.39, 0.29) is 28.0 Å². The lowest BCUT2D eigenvalue weighted by molar-refractivity contribution is -0.122. The zero-order valence-electron chi connectivity index (χ0n) is 12.2. The molecule has 0 fully saturated rings. The van der Waals surface area contributed by atoms with Crippen molar-refractivity contribution in [1.82, 2.24) is 4.98 Å². The van der Waals surface area contributed by atoms with E-state index in [1.165, 1.54) is 0 Å². The third-order valence-corrected chi connectivity index (χ3v) is 6.90. The van der Waals surface area contributed by atoms with Crippen molar-refractivity contribution in [2.24, 2.45) is 0 Å². The average Bonchev–Trinajstić information content (AvgIpc) is 2.82. The van der Waals surface area contributed by atoms with Gasteiger partial charge in [0.25, 0.3) is 5.92 Å². The molecule has 2 heterocycles. The number of aliphatic hydroxyl groups excluding tert-OH is 1. The fraction of sp³-hybridized carbons (Fsp3) is 0.357. The lowest BCUT2D eigenvalue weighted by Gasteiger charge is -2.28. The van der Waals surface area contributed by atoms with Crippen LogP contribution in [0.25, 0.3) is 10.4 Å². The Balaban J connectivity index is 2.31. The summed E-state index contributed by atoms with van der Waals surface area (Å²) in [4.78, 5) is 3.09. The first-order chi connectivity index (χ1) is 11.0. The average molecular weight is 381 g/mol. The summed E-state index contributed by atoms with van der Waals surface area (Å²) in [5, 5.41) is 9.93. The van der Waals surface area contributed by atoms with Crippen LogP contribution in [0.3, 0.4) is 0 Å². The van der Waals surface area contributed by atoms with E-state index in [1.807, 2.05) is 0 Å². The summed E-state index contributed by atoms with van der Waals surface area (Å²) in [6, 6.07) is 1.78. The standard InChI is InChI=1S/C14H11F4NO3S2/c1-24(21,22)13-10-7(2-3-14(17,18)12(10)20)11(23-13)6-4-8(15)19-9(16)5-6/h4-5,12,20H,2-3H2,1H3/t12-/m0/s1. The minimum absolute atomic E-state index is 0.00596. The molecule has 24 heavy (non-hydrogen) atoms. The fourth-order valence-electron chi connectivity index (χ4n) is 2.72. The van der Waals surface area contributed by atoms with Gasteiger partial charge in [0, 0.05) is 40.8 Å². The van der Waals surface area contributed by atoms with Gasteiger partial charge in [0.05, 0.1) is 0 Å². The molecule has 10 heteroatoms. The van der Waals surface area contributed by atoms with Crippen LogP contribution in [-0.2, 0) is 16.3 Å². The van der Waals surface area contributed by atoms with Gasteiger partial charge in [-0.2, -0.15) is 13.8 Å². The molecule has 0 unspecified atom stereocenters. The summed E-state index contributed by atoms with van der Waals surface area (Å²) in [6.07, 6.45) is -2.36. The first-order valence-corrected chi connectivity index (χ1v) is 9.46. The normalized spacial score (nSPS) is 20.0. The Morgan fingerprint density at radius 1 is 1.29 bits per heavy atom. The van der Waals surface area contributed by atoms with Gasteiger partial charge < -0.3 is 5.11 Å². The molecule has 0 saturated heterocycles. The van der Waals surface area contributed by atoms with E-state index in [0.717, 1.165) is 18.4 Å². The first-order valence-electron chi connectivity index (χ1n) is 6.75. The number of nitrogens with zero attached hydrogens (tertiary/aromatic N) is 1. The molecule has 2 aromatic rings. The Kier molecular flexibility index (Phi) is 3.97. The smallest absolute Gasteiger partial charge is 0.277 e. The number of thiophene rings is 1. The second-order valence-electron chi connectivity index (χ2n) is 5.55. The number of sulfone groups is 1. The Hall–Kier alpha value is -1.52. The molecule has 0 radical (unpaired) electrons. The van der Waals surface area contributed by atoms with Crippen molar-refractivity contribution in [3.8, 4) is 10.4 Å². The van der Waals surface area contributed by atoms with Gasteiger partial charge in [-0.15, -0.1) is 11.3 Å². The van der Waals surface area contributed by atoms with Crippen LogP contribution in [0.5, 0.6) is 0 Å². The maximum absolute atomic E-state index is 13.8. The highest BCUT2D eigenvalue weighted by molar-refractivity contribution is 7.92. The predicted octanol–water partition coefficient (Wildman–Crippen LogP) is 3.11. The van der Waals surface area contributed by atoms with Crippen LogP contribution in [0.2, 0.25) is 0 Å². The highest BCUT2D eigenvalue weighted by atomic mass is 32.2. The Bertz CT molecular complexity index is 904. The van der Waals surface area contributed by atoms with Gasteiger partial charge in [0.2, 0.25) is 11.9 Å². The van der Waals surface area contributed by atoms with Gasteiger partial charge in [-0.3, -0.25) is 0 Å². The van der Waals surface area contributed by atoms with E-state index >= 15 is 0 Å². The summed E-state index contributed by atoms with van der Waals surface area (Å²) in [6.45, 7) is 0. The van der Waals surface area contributed by atoms with Crippen LogP contribution in [0, 0.1) is 11.9 Å². The van der Waals surface area contributed by atoms with Gasteiger partial charge in [-0.25, -0.2) is 17.2 Å². The molecular weight excluding hydrogens is 370 g/mol. The summed E-state index contributed by atoms with van der Waals surface area (Å²) in [5.41, 5.74) is -0.219. The van der Waals surface area contributed by atoms with Gasteiger partial charge >= 0.3 is 0 Å². The molecule has 1 atom stereocenters. The number of fused-ring (bicyclic) bond motifs is 1. The maximum Gasteiger partial charge on any atom is 0.277 e. The highest BCUT2D eigenvalue weighted by Gasteiger charge is 2.47. The van der Waals surface area contributed by atoms with Gasteiger partial charge in [0.1, 0.15) is 10.3 Å². The Morgan fingerprint density at radius 2 is 1.88 bits per heavy atom. The van der Waals surface area contributed by atoms with Crippen LogP contribution in [-0.4, -0.2) is 30.7 Å². The minimum atomic E-state index is -3.91. The number of hydrogen-bond acceptors (Lipinski definition) is 5. The zero-order valence-corrected chi connectivity index (χ0v) is 13.8. The van der Waals surface area contributed by atoms with E-state index in [9.17, 15) is 31.1 Å². The van der Waals surface area contributed by atoms with Crippen LogP contribution in [0.1, 0.15) is 23.7 Å². The van der Waals surface area contributed by atoms with Crippen molar-refractivity contribution in [2.45, 2.75) is 29.1 Å². The number of pyridine rings is 1. The minimum Gasteiger partial charge on any atom is -0.382 e. The molecule has 0 bridgehead atoms. The summed E-state index contributed by atoms with van der Waals surface area (Å²) < 4.78 is 77.8. The van der Waals surface area contributed by atoms with E-state index in [2.05, 4.69) is 4.98 Å². The third kappa shape index (κ3) is 2.82. The lowest BCUT2D eigenvalue weighted by Crippen LogP contribution is -2.32. The van der Waals surface area contributed by atoms with Crippen LogP contribution in [0.15, 0.2) is 16.3 Å². The van der Waals surface area contributed by atoms with Gasteiger partial charge in [-0.05, 0) is 12.0 Å². The molecule has 0 aromatic carbocycles. The molecule has 1 aliphatic rings. The van der Waals surface area contributed by atoms with Crippen molar-refractivity contribution in [3.63, 3.8) is 0 Å². The van der Waals surface area contributed by atoms with Crippen molar-refractivity contribution in [3.05, 3.63) is 35.2 Å². The largest absolute Gasteiger partial charge is 0.382 e. The zero-order chi connectivity index (χ0) is 17.9. The topological polar surface area (TPSA) is 67.3 Å². The molecule has 3 rings (SSSR count). The monoisotopic (exact) mass is 381 g/mol. The number of aromatic nitrogens is 1. The van der Waals surface area contributed by atoms with Crippen LogP contribution >= 0.6 is 11.3 Å². The fourth-order valence-corrected chi connectivity index (χ4v) is 5.31. The van der Waals surface area contributed by atoms with Crippen molar-refractivity contribution in [2.75, 3.05) is 6.26 Å². The molecule has 130 valence electrons. The summed E-state index contributed by atoms with van der Waals surface area (Å²) in [7, 11) is -3.91. The Labute approximate surface area is 138 Å². The number of hydrogen-bond donors (Lipinski definition) is 1. The quantitative estimate of drug-likeness (QED) is 0.641. The molecule has 1 aliphatic carbocycles. The van der Waals surface area contributed by atoms with Crippen molar-refractivity contribution >= 4 is 21.2 Å². The highest BCUT2D eigenvalue weighted by Crippen LogP contribution is 2.51. The second kappa shape index (κ2) is 5.50. The molecule has 0 spiro atoms. The molecular formula is C14H11F4NO3S2. The lowest BCUT2D eigenvalue weighted by atomic mass is 9.87. The van der Waals surface area contributed by atoms with E-state index < -0.39 is 44.4 Å². The van der Waals surface area contributed by atoms with Gasteiger partial charge in [0.15, 0.2) is 9.84 Å². The number of aliphatic hydroxyl groups is 1. The molecule has 0 aliphatic heterocycles. The van der Waals surface area contributed by atoms with Crippen molar-refractivity contribution in [1.29, 1.82) is 0 Å². The molecule has 0 amide bonds. The molecule has 0 saturated carbocycles. The van der Waals surface area contributed by atoms with Crippen molar-refractivity contribution < 1.29 is 31.1 Å². The third-order valence-electron chi connectivity index (χ3n) is 3.76. The predicted molar refractivity (Wildman–Crippen MR) is 78.8 cm³/mol. The molecule has 1 N–H and O–H groups in total. The van der Waals surface area contributed by atoms with E-state index in [4.69, 9.17) is 0 Å². The summed E-state index contributed by atoms with van der Waals surface area (Å²) in [5.74, 6) is -5.70. The number of rotatable bonds is 2. The van der Waals surface area contributed by atoms with E-state index in [0.29, 0.717) is 11.3 Å². The SMILES string of the molecule is CS(=O)(=O)c1sc(-c2cc(F)nc(F)c2)c2c1[C@H](O)C(F)(F)CC2. The van der Waals surface area contributed by atoms with Crippen LogP contribution < -0.4 is 0 Å². The van der Waals surface area contributed by atoms with E-state index in [1.54, 1.807) is 0 Å². The molecule has 4 nitrogen and oxygen atoms in total. The van der Waals surface area contributed by atoms with Gasteiger partial charge in [-0.1, -0.05) is 0 Å². The van der Waals surface area contributed by atoms with Crippen LogP contribution in [0.4, 0.5) is 17.6 Å². The Morgan fingerprint density at radius 3 is 2.42 bits per heavy atom. The molecule has 2 aromatic heterocycles. The number of alkyl halides is 2. The maximum atomic E-state index is 13.8. The summed E-state index contributed by atoms with van der Waals surface area (Å²) >= 11 is 0.615. The number of halogens is 4. The second-order valence-corrected chi connectivity index (χ2v) is 8.78. The first kappa shape index (κ1) is 17.3.